The van der Waals surface area contributed by atoms with E-state index in [4.69, 9.17) is 4.74 Å². The molecule has 160 valence electrons. The highest BCUT2D eigenvalue weighted by Crippen LogP contribution is 2.25. The Morgan fingerprint density at radius 3 is 2.47 bits per heavy atom. The molecule has 0 aliphatic heterocycles. The molecule has 0 saturated carbocycles. The van der Waals surface area contributed by atoms with Gasteiger partial charge in [0.25, 0.3) is 0 Å². The third-order valence-corrected chi connectivity index (χ3v) is 6.84. The normalized spacial score (nSPS) is 11.7. The Balaban J connectivity index is 1.55. The minimum Gasteiger partial charge on any atom is -0.497 e. The number of hydrogen-bond donors (Lipinski definition) is 1. The van der Waals surface area contributed by atoms with Crippen molar-refractivity contribution in [2.45, 2.75) is 37.6 Å². The maximum atomic E-state index is 12.4. The van der Waals surface area contributed by atoms with Gasteiger partial charge in [0.05, 0.1) is 17.8 Å². The summed E-state index contributed by atoms with van der Waals surface area (Å²) in [5, 5.41) is 3.88. The van der Waals surface area contributed by atoms with Crippen LogP contribution in [0.4, 0.5) is 0 Å². The summed E-state index contributed by atoms with van der Waals surface area (Å²) in [7, 11) is -1.93. The number of nitrogens with zero attached hydrogens (tertiary/aromatic N) is 1. The summed E-state index contributed by atoms with van der Waals surface area (Å²) >= 11 is 0. The van der Waals surface area contributed by atoms with Crippen LogP contribution >= 0.6 is 0 Å². The molecular weight excluding hydrogens is 400 g/mol. The first-order valence-corrected chi connectivity index (χ1v) is 11.7. The quantitative estimate of drug-likeness (QED) is 0.563. The van der Waals surface area contributed by atoms with Crippen molar-refractivity contribution in [3.05, 3.63) is 60.3 Å². The summed E-state index contributed by atoms with van der Waals surface area (Å²) < 4.78 is 32.1. The van der Waals surface area contributed by atoms with Crippen molar-refractivity contribution in [1.82, 2.24) is 9.88 Å². The summed E-state index contributed by atoms with van der Waals surface area (Å²) in [6.07, 6.45) is 3.03. The van der Waals surface area contributed by atoms with Crippen LogP contribution in [0.3, 0.4) is 0 Å². The summed E-state index contributed by atoms with van der Waals surface area (Å²) in [6.45, 7) is 4.35. The highest BCUT2D eigenvalue weighted by atomic mass is 32.2. The van der Waals surface area contributed by atoms with Crippen molar-refractivity contribution in [3.8, 4) is 5.75 Å². The van der Waals surface area contributed by atoms with Gasteiger partial charge in [-0.25, -0.2) is 8.42 Å². The minimum absolute atomic E-state index is 0.0843. The molecule has 30 heavy (non-hydrogen) atoms. The number of fused-ring (bicyclic) bond motifs is 1. The van der Waals surface area contributed by atoms with Crippen molar-refractivity contribution in [2.24, 2.45) is 0 Å². The van der Waals surface area contributed by atoms with E-state index in [9.17, 15) is 13.2 Å². The summed E-state index contributed by atoms with van der Waals surface area (Å²) in [4.78, 5) is 12.5. The van der Waals surface area contributed by atoms with E-state index in [1.165, 1.54) is 19.2 Å². The lowest BCUT2D eigenvalue weighted by Gasteiger charge is -2.08. The Kier molecular flexibility index (Phi) is 6.82. The van der Waals surface area contributed by atoms with Crippen LogP contribution in [0.1, 0.15) is 31.9 Å². The maximum Gasteiger partial charge on any atom is 0.220 e. The number of methoxy groups -OCH3 is 1. The van der Waals surface area contributed by atoms with Crippen LogP contribution in [0.2, 0.25) is 0 Å². The standard InChI is InChI=1S/C23H28N2O4S/c1-17(2)25-16-18(21-6-4-5-7-22(21)25)8-13-23(26)24-14-15-30(27,28)20-11-9-19(29-3)10-12-20/h4-7,9-12,16-17H,8,13-15H2,1-3H3,(H,24,26). The number of benzene rings is 2. The van der Waals surface area contributed by atoms with Gasteiger partial charge in [0.2, 0.25) is 5.91 Å². The van der Waals surface area contributed by atoms with Crippen LogP contribution in [0.15, 0.2) is 59.6 Å². The molecule has 3 aromatic rings. The fraction of sp³-hybridized carbons (Fsp3) is 0.348. The van der Waals surface area contributed by atoms with Crippen molar-refractivity contribution in [2.75, 3.05) is 19.4 Å². The van der Waals surface area contributed by atoms with Crippen LogP contribution < -0.4 is 10.1 Å². The SMILES string of the molecule is COc1ccc(S(=O)(=O)CCNC(=O)CCc2cn(C(C)C)c3ccccc23)cc1. The molecule has 0 fully saturated rings. The van der Waals surface area contributed by atoms with Gasteiger partial charge in [0.15, 0.2) is 9.84 Å². The number of carbonyl (C=O) groups is 1. The lowest BCUT2D eigenvalue weighted by molar-refractivity contribution is -0.120. The zero-order valence-corrected chi connectivity index (χ0v) is 18.4. The third-order valence-electron chi connectivity index (χ3n) is 5.11. The van der Waals surface area contributed by atoms with Gasteiger partial charge >= 0.3 is 0 Å². The number of rotatable bonds is 9. The minimum atomic E-state index is -3.46. The van der Waals surface area contributed by atoms with E-state index in [0.29, 0.717) is 24.6 Å². The van der Waals surface area contributed by atoms with Gasteiger partial charge in [-0.1, -0.05) is 18.2 Å². The average Bonchev–Trinajstić information content (AvgIpc) is 3.11. The number of sulfone groups is 1. The molecule has 1 N–H and O–H groups in total. The fourth-order valence-electron chi connectivity index (χ4n) is 3.47. The Bertz CT molecular complexity index is 1120. The summed E-state index contributed by atoms with van der Waals surface area (Å²) in [6, 6.07) is 14.8. The number of hydrogen-bond acceptors (Lipinski definition) is 4. The second kappa shape index (κ2) is 9.34. The molecule has 0 unspecified atom stereocenters. The van der Waals surface area contributed by atoms with Gasteiger partial charge in [0.1, 0.15) is 5.75 Å². The highest BCUT2D eigenvalue weighted by molar-refractivity contribution is 7.91. The molecular formula is C23H28N2O4S. The fourth-order valence-corrected chi connectivity index (χ4v) is 4.62. The molecule has 1 amide bonds. The number of para-hydroxylation sites is 1. The van der Waals surface area contributed by atoms with E-state index in [0.717, 1.165) is 16.5 Å². The summed E-state index contributed by atoms with van der Waals surface area (Å²) in [5.41, 5.74) is 2.29. The van der Waals surface area contributed by atoms with Crippen LogP contribution in [0.25, 0.3) is 10.9 Å². The van der Waals surface area contributed by atoms with E-state index in [2.05, 4.69) is 42.1 Å². The smallest absolute Gasteiger partial charge is 0.220 e. The Morgan fingerprint density at radius 2 is 1.80 bits per heavy atom. The van der Waals surface area contributed by atoms with E-state index < -0.39 is 9.84 Å². The molecule has 2 aromatic carbocycles. The number of aromatic nitrogens is 1. The van der Waals surface area contributed by atoms with Crippen molar-refractivity contribution >= 4 is 26.6 Å². The predicted octanol–water partition coefficient (Wildman–Crippen LogP) is 3.75. The molecule has 0 saturated heterocycles. The lowest BCUT2D eigenvalue weighted by atomic mass is 10.1. The van der Waals surface area contributed by atoms with E-state index in [1.807, 2.05) is 12.1 Å². The monoisotopic (exact) mass is 428 g/mol. The molecule has 1 aromatic heterocycles. The van der Waals surface area contributed by atoms with E-state index >= 15 is 0 Å². The molecule has 0 aliphatic carbocycles. The predicted molar refractivity (Wildman–Crippen MR) is 119 cm³/mol. The van der Waals surface area contributed by atoms with Crippen molar-refractivity contribution in [1.29, 1.82) is 0 Å². The zero-order valence-electron chi connectivity index (χ0n) is 17.6. The highest BCUT2D eigenvalue weighted by Gasteiger charge is 2.15. The molecule has 0 bridgehead atoms. The van der Waals surface area contributed by atoms with Gasteiger partial charge in [-0.3, -0.25) is 4.79 Å². The molecule has 3 rings (SSSR count). The second-order valence-corrected chi connectivity index (χ2v) is 9.63. The van der Waals surface area contributed by atoms with E-state index in [1.54, 1.807) is 12.1 Å². The number of aryl methyl sites for hydroxylation is 1. The van der Waals surface area contributed by atoms with Crippen molar-refractivity contribution < 1.29 is 17.9 Å². The molecule has 6 nitrogen and oxygen atoms in total. The Morgan fingerprint density at radius 1 is 1.10 bits per heavy atom. The van der Waals surface area contributed by atoms with Gasteiger partial charge < -0.3 is 14.6 Å². The van der Waals surface area contributed by atoms with Gasteiger partial charge in [-0.2, -0.15) is 0 Å². The molecule has 0 radical (unpaired) electrons. The van der Waals surface area contributed by atoms with Gasteiger partial charge in [0, 0.05) is 36.1 Å². The largest absolute Gasteiger partial charge is 0.497 e. The third kappa shape index (κ3) is 5.02. The molecule has 0 atom stereocenters. The van der Waals surface area contributed by atoms with E-state index in [-0.39, 0.29) is 23.1 Å². The van der Waals surface area contributed by atoms with Gasteiger partial charge in [-0.15, -0.1) is 0 Å². The first-order chi connectivity index (χ1) is 14.3. The van der Waals surface area contributed by atoms with Crippen molar-refractivity contribution in [3.63, 3.8) is 0 Å². The Hall–Kier alpha value is -2.80. The maximum absolute atomic E-state index is 12.4. The van der Waals surface area contributed by atoms with Crippen LogP contribution in [0.5, 0.6) is 5.75 Å². The number of ether oxygens (including phenoxy) is 1. The molecule has 0 aliphatic rings. The number of carbonyl (C=O) groups excluding carboxylic acids is 1. The molecule has 1 heterocycles. The lowest BCUT2D eigenvalue weighted by Crippen LogP contribution is -2.29. The number of nitrogens with one attached hydrogen (secondary N) is 1. The number of amides is 1. The second-order valence-electron chi connectivity index (χ2n) is 7.52. The van der Waals surface area contributed by atoms with Crippen LogP contribution in [-0.2, 0) is 21.1 Å². The first-order valence-electron chi connectivity index (χ1n) is 10.0. The summed E-state index contributed by atoms with van der Waals surface area (Å²) in [5.74, 6) is 0.306. The average molecular weight is 429 g/mol. The zero-order chi connectivity index (χ0) is 21.7. The first kappa shape index (κ1) is 21.9. The van der Waals surface area contributed by atoms with Crippen LogP contribution in [0, 0.1) is 0 Å². The molecule has 0 spiro atoms. The molecule has 7 heteroatoms. The topological polar surface area (TPSA) is 77.4 Å². The Labute approximate surface area is 177 Å². The van der Waals surface area contributed by atoms with Gasteiger partial charge in [-0.05, 0) is 56.2 Å². The van der Waals surface area contributed by atoms with Crippen LogP contribution in [-0.4, -0.2) is 38.3 Å².